The van der Waals surface area contributed by atoms with Crippen LogP contribution in [-0.2, 0) is 11.2 Å². The number of carbonyl (C=O) groups is 1. The first kappa shape index (κ1) is 10.6. The van der Waals surface area contributed by atoms with Crippen LogP contribution in [0.2, 0.25) is 0 Å². The number of ether oxygens (including phenoxy) is 2. The molecule has 0 saturated carbocycles. The molecule has 0 spiro atoms. The van der Waals surface area contributed by atoms with Gasteiger partial charge in [0.1, 0.15) is 12.4 Å². The summed E-state index contributed by atoms with van der Waals surface area (Å²) in [4.78, 5) is 11.6. The minimum Gasteiger partial charge on any atom is -0.493 e. The molecule has 16 heavy (non-hydrogen) atoms. The van der Waals surface area contributed by atoms with Gasteiger partial charge in [0.15, 0.2) is 0 Å². The van der Waals surface area contributed by atoms with Gasteiger partial charge in [0.2, 0.25) is 0 Å². The molecule has 0 N–H and O–H groups in total. The monoisotopic (exact) mass is 216 g/mol. The third-order valence-electron chi connectivity index (χ3n) is 2.40. The van der Waals surface area contributed by atoms with Gasteiger partial charge < -0.3 is 9.47 Å². The predicted octanol–water partition coefficient (Wildman–Crippen LogP) is 1.80. The van der Waals surface area contributed by atoms with E-state index in [9.17, 15) is 4.79 Å². The van der Waals surface area contributed by atoms with Gasteiger partial charge in [-0.25, -0.2) is 4.79 Å². The fourth-order valence-corrected chi connectivity index (χ4v) is 1.60. The largest absolute Gasteiger partial charge is 0.493 e. The molecule has 0 fully saturated rings. The summed E-state index contributed by atoms with van der Waals surface area (Å²) in [5, 5.41) is 0. The topological polar surface area (TPSA) is 35.5 Å². The molecule has 1 aromatic carbocycles. The summed E-state index contributed by atoms with van der Waals surface area (Å²) in [5.74, 6) is 2.95. The zero-order valence-corrected chi connectivity index (χ0v) is 8.86. The van der Waals surface area contributed by atoms with Crippen LogP contribution in [0.25, 0.3) is 0 Å². The van der Waals surface area contributed by atoms with Gasteiger partial charge in [0.25, 0.3) is 0 Å². The third-order valence-corrected chi connectivity index (χ3v) is 2.40. The average molecular weight is 216 g/mol. The van der Waals surface area contributed by atoms with E-state index in [4.69, 9.17) is 15.9 Å². The Morgan fingerprint density at radius 2 is 2.44 bits per heavy atom. The summed E-state index contributed by atoms with van der Waals surface area (Å²) in [6.07, 6.45) is 6.36. The van der Waals surface area contributed by atoms with Gasteiger partial charge in [-0.2, -0.15) is 0 Å². The molecule has 0 amide bonds. The number of rotatable bonds is 3. The lowest BCUT2D eigenvalue weighted by Crippen LogP contribution is -2.06. The number of fused-ring (bicyclic) bond motifs is 1. The van der Waals surface area contributed by atoms with Crippen LogP contribution in [0.15, 0.2) is 18.2 Å². The third kappa shape index (κ3) is 2.17. The first-order valence-corrected chi connectivity index (χ1v) is 5.17. The van der Waals surface area contributed by atoms with Gasteiger partial charge in [-0.1, -0.05) is 0 Å². The minimum atomic E-state index is -0.329. The Labute approximate surface area is 94.4 Å². The number of carbonyl (C=O) groups excluding carboxylic acids is 1. The van der Waals surface area contributed by atoms with Crippen LogP contribution in [0.5, 0.6) is 5.75 Å². The summed E-state index contributed by atoms with van der Waals surface area (Å²) in [6, 6.07) is 5.34. The highest BCUT2D eigenvalue weighted by atomic mass is 16.5. The van der Waals surface area contributed by atoms with Gasteiger partial charge in [-0.15, -0.1) is 12.3 Å². The number of benzene rings is 1. The molecular formula is C13H12O3. The van der Waals surface area contributed by atoms with Crippen LogP contribution in [0.3, 0.4) is 0 Å². The maximum absolute atomic E-state index is 11.6. The Kier molecular flexibility index (Phi) is 3.11. The molecule has 0 atom stereocenters. The summed E-state index contributed by atoms with van der Waals surface area (Å²) in [6.45, 7) is 0.952. The summed E-state index contributed by atoms with van der Waals surface area (Å²) in [7, 11) is 0. The molecule has 3 nitrogen and oxygen atoms in total. The number of esters is 1. The van der Waals surface area contributed by atoms with Crippen molar-refractivity contribution in [1.82, 2.24) is 0 Å². The minimum absolute atomic E-state index is 0.267. The van der Waals surface area contributed by atoms with E-state index in [2.05, 4.69) is 5.92 Å². The predicted molar refractivity (Wildman–Crippen MR) is 59.4 cm³/mol. The molecule has 1 aliphatic rings. The summed E-state index contributed by atoms with van der Waals surface area (Å²) < 4.78 is 10.4. The molecule has 2 rings (SSSR count). The molecule has 0 radical (unpaired) electrons. The first-order valence-electron chi connectivity index (χ1n) is 5.17. The van der Waals surface area contributed by atoms with Crippen LogP contribution in [-0.4, -0.2) is 19.2 Å². The maximum Gasteiger partial charge on any atom is 0.338 e. The SMILES string of the molecule is C#CCCOC(=O)c1ccc2c(c1)CCO2. The zero-order chi connectivity index (χ0) is 11.4. The quantitative estimate of drug-likeness (QED) is 0.439. The lowest BCUT2D eigenvalue weighted by molar-refractivity contribution is 0.0513. The van der Waals surface area contributed by atoms with Crippen LogP contribution >= 0.6 is 0 Å². The van der Waals surface area contributed by atoms with Crippen molar-refractivity contribution < 1.29 is 14.3 Å². The van der Waals surface area contributed by atoms with Gasteiger partial charge >= 0.3 is 5.97 Å². The molecule has 0 unspecified atom stereocenters. The van der Waals surface area contributed by atoms with Crippen molar-refractivity contribution in [1.29, 1.82) is 0 Å². The molecule has 0 aliphatic carbocycles. The second kappa shape index (κ2) is 4.71. The summed E-state index contributed by atoms with van der Waals surface area (Å²) in [5.41, 5.74) is 1.62. The highest BCUT2D eigenvalue weighted by Gasteiger charge is 2.15. The smallest absolute Gasteiger partial charge is 0.338 e. The fraction of sp³-hybridized carbons (Fsp3) is 0.308. The van der Waals surface area contributed by atoms with Crippen LogP contribution in [0, 0.1) is 12.3 Å². The number of hydrogen-bond acceptors (Lipinski definition) is 3. The van der Waals surface area contributed by atoms with Crippen molar-refractivity contribution in [2.24, 2.45) is 0 Å². The molecule has 0 bridgehead atoms. The Morgan fingerprint density at radius 1 is 1.56 bits per heavy atom. The Hall–Kier alpha value is -1.95. The highest BCUT2D eigenvalue weighted by molar-refractivity contribution is 5.90. The van der Waals surface area contributed by atoms with E-state index in [-0.39, 0.29) is 12.6 Å². The Balaban J connectivity index is 2.04. The number of hydrogen-bond donors (Lipinski definition) is 0. The maximum atomic E-state index is 11.6. The van der Waals surface area contributed by atoms with E-state index < -0.39 is 0 Å². The van der Waals surface area contributed by atoms with Crippen molar-refractivity contribution in [2.45, 2.75) is 12.8 Å². The van der Waals surface area contributed by atoms with Crippen molar-refractivity contribution >= 4 is 5.97 Å². The van der Waals surface area contributed by atoms with Gasteiger partial charge in [0.05, 0.1) is 12.2 Å². The molecule has 1 heterocycles. The van der Waals surface area contributed by atoms with E-state index in [0.29, 0.717) is 18.6 Å². The zero-order valence-electron chi connectivity index (χ0n) is 8.86. The summed E-state index contributed by atoms with van der Waals surface area (Å²) >= 11 is 0. The lowest BCUT2D eigenvalue weighted by Gasteiger charge is -2.04. The highest BCUT2D eigenvalue weighted by Crippen LogP contribution is 2.26. The van der Waals surface area contributed by atoms with Crippen LogP contribution < -0.4 is 4.74 Å². The van der Waals surface area contributed by atoms with Gasteiger partial charge in [-0.3, -0.25) is 0 Å². The second-order valence-electron chi connectivity index (χ2n) is 3.51. The second-order valence-corrected chi connectivity index (χ2v) is 3.51. The molecule has 82 valence electrons. The fourth-order valence-electron chi connectivity index (χ4n) is 1.60. The van der Waals surface area contributed by atoms with E-state index in [1.165, 1.54) is 0 Å². The van der Waals surface area contributed by atoms with Crippen molar-refractivity contribution in [3.8, 4) is 18.1 Å². The average Bonchev–Trinajstić information content (AvgIpc) is 2.76. The van der Waals surface area contributed by atoms with Crippen LogP contribution in [0.1, 0.15) is 22.3 Å². The van der Waals surface area contributed by atoms with Crippen molar-refractivity contribution in [2.75, 3.05) is 13.2 Å². The van der Waals surface area contributed by atoms with E-state index in [1.807, 2.05) is 6.07 Å². The Bertz CT molecular complexity index is 443. The molecule has 1 aliphatic heterocycles. The van der Waals surface area contributed by atoms with Crippen molar-refractivity contribution in [3.63, 3.8) is 0 Å². The van der Waals surface area contributed by atoms with E-state index in [0.717, 1.165) is 17.7 Å². The molecule has 3 heteroatoms. The van der Waals surface area contributed by atoms with Gasteiger partial charge in [0, 0.05) is 12.8 Å². The Morgan fingerprint density at radius 3 is 3.25 bits per heavy atom. The van der Waals surface area contributed by atoms with Crippen LogP contribution in [0.4, 0.5) is 0 Å². The first-order chi connectivity index (χ1) is 7.81. The molecule has 0 saturated heterocycles. The molecular weight excluding hydrogens is 204 g/mol. The normalized spacial score (nSPS) is 12.4. The van der Waals surface area contributed by atoms with E-state index in [1.54, 1.807) is 12.1 Å². The molecule has 0 aromatic heterocycles. The van der Waals surface area contributed by atoms with Crippen molar-refractivity contribution in [3.05, 3.63) is 29.3 Å². The lowest BCUT2D eigenvalue weighted by atomic mass is 10.1. The van der Waals surface area contributed by atoms with Gasteiger partial charge in [-0.05, 0) is 23.8 Å². The standard InChI is InChI=1S/C13H12O3/c1-2-3-7-16-13(14)11-4-5-12-10(9-11)6-8-15-12/h1,4-5,9H,3,6-8H2. The van der Waals surface area contributed by atoms with E-state index >= 15 is 0 Å². The number of terminal acetylenes is 1. The molecule has 1 aromatic rings.